The van der Waals surface area contributed by atoms with Crippen molar-refractivity contribution in [2.45, 2.75) is 58.3 Å². The van der Waals surface area contributed by atoms with Crippen LogP contribution in [0.2, 0.25) is 0 Å². The first kappa shape index (κ1) is 22.6. The number of carbonyl (C=O) groups excluding carboxylic acids is 1. The third-order valence-electron chi connectivity index (χ3n) is 5.49. The van der Waals surface area contributed by atoms with Gasteiger partial charge in [-0.05, 0) is 48.3 Å². The number of nitrogens with one attached hydrogen (secondary N) is 2. The van der Waals surface area contributed by atoms with Gasteiger partial charge in [0, 0.05) is 5.56 Å². The fourth-order valence-corrected chi connectivity index (χ4v) is 3.53. The second-order valence-corrected chi connectivity index (χ2v) is 8.41. The summed E-state index contributed by atoms with van der Waals surface area (Å²) in [6.07, 6.45) is 1.99. The van der Waals surface area contributed by atoms with Crippen molar-refractivity contribution >= 4 is 11.7 Å². The SMILES string of the molecule is CC(C)[C@@H](OCc1cccc(C2CC2)c1)C(=O)N[C@@H](C)c1ccc(C(=N)N=NN)cc1. The molecule has 0 aliphatic heterocycles. The van der Waals surface area contributed by atoms with E-state index >= 15 is 0 Å². The van der Waals surface area contributed by atoms with Gasteiger partial charge in [-0.1, -0.05) is 67.6 Å². The van der Waals surface area contributed by atoms with E-state index < -0.39 is 6.10 Å². The van der Waals surface area contributed by atoms with Crippen LogP contribution in [0.15, 0.2) is 58.9 Å². The molecular formula is C24H31N5O2. The Morgan fingerprint density at radius 1 is 1.19 bits per heavy atom. The summed E-state index contributed by atoms with van der Waals surface area (Å²) in [6, 6.07) is 15.5. The number of ether oxygens (including phenoxy) is 1. The van der Waals surface area contributed by atoms with E-state index in [9.17, 15) is 4.79 Å². The summed E-state index contributed by atoms with van der Waals surface area (Å²) in [5.41, 5.74) is 4.00. The summed E-state index contributed by atoms with van der Waals surface area (Å²) in [5.74, 6) is 5.59. The number of amidine groups is 1. The molecule has 1 saturated carbocycles. The number of nitrogens with two attached hydrogens (primary N) is 1. The van der Waals surface area contributed by atoms with Crippen LogP contribution in [0.25, 0.3) is 0 Å². The minimum Gasteiger partial charge on any atom is -0.363 e. The summed E-state index contributed by atoms with van der Waals surface area (Å²) >= 11 is 0. The van der Waals surface area contributed by atoms with Gasteiger partial charge in [-0.15, -0.1) is 5.11 Å². The Labute approximate surface area is 183 Å². The molecule has 0 aromatic heterocycles. The number of benzene rings is 2. The van der Waals surface area contributed by atoms with Gasteiger partial charge >= 0.3 is 0 Å². The van der Waals surface area contributed by atoms with Crippen molar-refractivity contribution in [3.05, 3.63) is 70.8 Å². The molecule has 2 aromatic carbocycles. The maximum absolute atomic E-state index is 12.9. The summed E-state index contributed by atoms with van der Waals surface area (Å²) in [6.45, 7) is 6.32. The fourth-order valence-electron chi connectivity index (χ4n) is 3.53. The largest absolute Gasteiger partial charge is 0.363 e. The zero-order chi connectivity index (χ0) is 22.4. The summed E-state index contributed by atoms with van der Waals surface area (Å²) in [4.78, 5) is 12.9. The fraction of sp³-hybridized carbons (Fsp3) is 0.417. The van der Waals surface area contributed by atoms with Crippen LogP contribution in [0.4, 0.5) is 0 Å². The average Bonchev–Trinajstić information content (AvgIpc) is 3.59. The quantitative estimate of drug-likeness (QED) is 0.180. The lowest BCUT2D eigenvalue weighted by atomic mass is 10.0. The molecule has 0 saturated heterocycles. The van der Waals surface area contributed by atoms with Crippen LogP contribution < -0.4 is 11.2 Å². The maximum atomic E-state index is 12.9. The lowest BCUT2D eigenvalue weighted by Gasteiger charge is -2.24. The third kappa shape index (κ3) is 6.21. The minimum atomic E-state index is -0.538. The van der Waals surface area contributed by atoms with Gasteiger partial charge in [0.1, 0.15) is 6.10 Å². The number of carbonyl (C=O) groups is 1. The highest BCUT2D eigenvalue weighted by molar-refractivity contribution is 5.96. The normalized spacial score (nSPS) is 15.7. The van der Waals surface area contributed by atoms with Gasteiger partial charge < -0.3 is 15.9 Å². The number of hydrogen-bond donors (Lipinski definition) is 3. The standard InChI is InChI=1S/C24H31N5O2/c1-15(2)22(31-14-17-5-4-6-21(13-17)19-9-10-19)24(30)27-16(3)18-7-11-20(12-8-18)23(25)28-29-26/h4-8,11-13,15-16,19,22H,9-10,14H2,1-3H3,(H,27,30)(H3,25,26,28)/t16-,22+/m0/s1. The first-order valence-electron chi connectivity index (χ1n) is 10.7. The van der Waals surface area contributed by atoms with Crippen LogP contribution in [-0.4, -0.2) is 17.8 Å². The van der Waals surface area contributed by atoms with Crippen molar-refractivity contribution in [1.29, 1.82) is 5.41 Å². The van der Waals surface area contributed by atoms with Crippen molar-refractivity contribution in [3.63, 3.8) is 0 Å². The molecule has 1 aliphatic carbocycles. The van der Waals surface area contributed by atoms with Crippen molar-refractivity contribution in [2.24, 2.45) is 22.1 Å². The lowest BCUT2D eigenvalue weighted by molar-refractivity contribution is -0.137. The Hall–Kier alpha value is -3.06. The van der Waals surface area contributed by atoms with E-state index in [1.807, 2.05) is 39.0 Å². The Morgan fingerprint density at radius 2 is 1.90 bits per heavy atom. The molecule has 4 N–H and O–H groups in total. The number of amides is 1. The van der Waals surface area contributed by atoms with Crippen molar-refractivity contribution in [2.75, 3.05) is 0 Å². The van der Waals surface area contributed by atoms with Gasteiger partial charge in [0.2, 0.25) is 5.91 Å². The van der Waals surface area contributed by atoms with E-state index in [1.54, 1.807) is 12.1 Å². The third-order valence-corrected chi connectivity index (χ3v) is 5.49. The molecule has 0 spiro atoms. The first-order valence-corrected chi connectivity index (χ1v) is 10.7. The number of rotatable bonds is 9. The van der Waals surface area contributed by atoms with Gasteiger partial charge in [0.15, 0.2) is 5.84 Å². The van der Waals surface area contributed by atoms with Gasteiger partial charge in [0.05, 0.1) is 12.6 Å². The molecule has 1 amide bonds. The van der Waals surface area contributed by atoms with Crippen molar-refractivity contribution < 1.29 is 9.53 Å². The Balaban J connectivity index is 1.59. The summed E-state index contributed by atoms with van der Waals surface area (Å²) < 4.78 is 6.05. The minimum absolute atomic E-state index is 0.00948. The van der Waals surface area contributed by atoms with Crippen LogP contribution in [0.1, 0.15) is 67.8 Å². The molecular weight excluding hydrogens is 390 g/mol. The van der Waals surface area contributed by atoms with E-state index in [2.05, 4.69) is 33.9 Å². The maximum Gasteiger partial charge on any atom is 0.249 e. The van der Waals surface area contributed by atoms with Crippen LogP contribution >= 0.6 is 0 Å². The predicted molar refractivity (Wildman–Crippen MR) is 121 cm³/mol. The van der Waals surface area contributed by atoms with Crippen LogP contribution in [0, 0.1) is 11.3 Å². The smallest absolute Gasteiger partial charge is 0.249 e. The molecule has 31 heavy (non-hydrogen) atoms. The number of nitrogens with zero attached hydrogens (tertiary/aromatic N) is 2. The van der Waals surface area contributed by atoms with Gasteiger partial charge in [-0.25, -0.2) is 0 Å². The molecule has 0 unspecified atom stereocenters. The van der Waals surface area contributed by atoms with E-state index in [-0.39, 0.29) is 23.7 Å². The molecule has 164 valence electrons. The Kier molecular flexibility index (Phi) is 7.52. The zero-order valence-corrected chi connectivity index (χ0v) is 18.3. The van der Waals surface area contributed by atoms with E-state index in [4.69, 9.17) is 16.0 Å². The predicted octanol–water partition coefficient (Wildman–Crippen LogP) is 4.63. The van der Waals surface area contributed by atoms with Crippen molar-refractivity contribution in [1.82, 2.24) is 5.32 Å². The van der Waals surface area contributed by atoms with Gasteiger partial charge in [-0.2, -0.15) is 0 Å². The topological polar surface area (TPSA) is 113 Å². The van der Waals surface area contributed by atoms with Crippen LogP contribution in [0.5, 0.6) is 0 Å². The van der Waals surface area contributed by atoms with Crippen LogP contribution in [-0.2, 0) is 16.1 Å². The van der Waals surface area contributed by atoms with E-state index in [0.29, 0.717) is 18.1 Å². The van der Waals surface area contributed by atoms with Gasteiger partial charge in [0.25, 0.3) is 0 Å². The first-order chi connectivity index (χ1) is 14.9. The Bertz CT molecular complexity index is 935. The molecule has 2 aromatic rings. The molecule has 1 aliphatic rings. The summed E-state index contributed by atoms with van der Waals surface area (Å²) in [5, 5.41) is 17.5. The highest BCUT2D eigenvalue weighted by atomic mass is 16.5. The highest BCUT2D eigenvalue weighted by Gasteiger charge is 2.26. The van der Waals surface area contributed by atoms with Crippen molar-refractivity contribution in [3.8, 4) is 0 Å². The molecule has 7 heteroatoms. The van der Waals surface area contributed by atoms with E-state index in [1.165, 1.54) is 18.4 Å². The monoisotopic (exact) mass is 421 g/mol. The molecule has 3 rings (SSSR count). The molecule has 0 heterocycles. The molecule has 2 atom stereocenters. The molecule has 1 fully saturated rings. The highest BCUT2D eigenvalue weighted by Crippen LogP contribution is 2.40. The summed E-state index contributed by atoms with van der Waals surface area (Å²) in [7, 11) is 0. The Morgan fingerprint density at radius 3 is 2.52 bits per heavy atom. The molecule has 0 radical (unpaired) electrons. The van der Waals surface area contributed by atoms with Gasteiger partial charge in [-0.3, -0.25) is 10.2 Å². The van der Waals surface area contributed by atoms with Crippen LogP contribution in [0.3, 0.4) is 0 Å². The lowest BCUT2D eigenvalue weighted by Crippen LogP contribution is -2.40. The number of hydrogen-bond acceptors (Lipinski definition) is 4. The second-order valence-electron chi connectivity index (χ2n) is 8.41. The zero-order valence-electron chi connectivity index (χ0n) is 18.3. The average molecular weight is 422 g/mol. The molecule has 0 bridgehead atoms. The molecule has 7 nitrogen and oxygen atoms in total. The van der Waals surface area contributed by atoms with E-state index in [0.717, 1.165) is 11.1 Å². The second kappa shape index (κ2) is 10.3.